The van der Waals surface area contributed by atoms with E-state index in [0.717, 1.165) is 13.1 Å². The number of nitrogens with one attached hydrogen (secondary N) is 1. The molecule has 1 aromatic heterocycles. The second-order valence-electron chi connectivity index (χ2n) is 4.25. The van der Waals surface area contributed by atoms with E-state index in [9.17, 15) is 4.79 Å². The van der Waals surface area contributed by atoms with Crippen molar-refractivity contribution in [2.24, 2.45) is 0 Å². The van der Waals surface area contributed by atoms with Gasteiger partial charge < -0.3 is 19.5 Å². The van der Waals surface area contributed by atoms with Crippen molar-refractivity contribution in [3.63, 3.8) is 0 Å². The second-order valence-corrected chi connectivity index (χ2v) is 4.25. The van der Waals surface area contributed by atoms with Gasteiger partial charge in [-0.25, -0.2) is 9.78 Å². The van der Waals surface area contributed by atoms with Crippen molar-refractivity contribution >= 4 is 5.97 Å². The van der Waals surface area contributed by atoms with Gasteiger partial charge in [0.15, 0.2) is 0 Å². The second kappa shape index (κ2) is 6.44. The smallest absolute Gasteiger partial charge is 0.376 e. The Kier molecular flexibility index (Phi) is 4.64. The van der Waals surface area contributed by atoms with Gasteiger partial charge >= 0.3 is 5.97 Å². The maximum atomic E-state index is 11.3. The lowest BCUT2D eigenvalue weighted by atomic mass is 10.2. The number of hydrogen-bond donors (Lipinski definition) is 1. The highest BCUT2D eigenvalue weighted by Gasteiger charge is 2.19. The summed E-state index contributed by atoms with van der Waals surface area (Å²) in [4.78, 5) is 19.0. The Labute approximate surface area is 111 Å². The van der Waals surface area contributed by atoms with Gasteiger partial charge in [0.1, 0.15) is 12.7 Å². The van der Waals surface area contributed by atoms with E-state index < -0.39 is 5.97 Å². The molecule has 7 nitrogen and oxygen atoms in total. The predicted molar refractivity (Wildman–Crippen MR) is 66.1 cm³/mol. The van der Waals surface area contributed by atoms with Crippen LogP contribution < -0.4 is 10.1 Å². The third kappa shape index (κ3) is 3.87. The number of carbonyl (C=O) groups excluding carboxylic acids is 1. The molecule has 2 heterocycles. The average molecular weight is 267 g/mol. The van der Waals surface area contributed by atoms with Gasteiger partial charge in [-0.2, -0.15) is 4.98 Å². The first kappa shape index (κ1) is 13.7. The molecule has 19 heavy (non-hydrogen) atoms. The van der Waals surface area contributed by atoms with E-state index in [1.807, 2.05) is 6.92 Å². The number of rotatable bonds is 4. The summed E-state index contributed by atoms with van der Waals surface area (Å²) in [5.41, 5.74) is 0. The highest BCUT2D eigenvalue weighted by molar-refractivity contribution is 5.84. The van der Waals surface area contributed by atoms with Gasteiger partial charge in [-0.3, -0.25) is 0 Å². The number of carbonyl (C=O) groups is 1. The minimum Gasteiger partial charge on any atom is -0.475 e. The Bertz CT molecular complexity index is 441. The summed E-state index contributed by atoms with van der Waals surface area (Å²) < 4.78 is 15.7. The molecule has 1 aliphatic heterocycles. The minimum absolute atomic E-state index is 0.0175. The minimum atomic E-state index is -0.588. The number of esters is 1. The lowest BCUT2D eigenvalue weighted by Crippen LogP contribution is -2.45. The van der Waals surface area contributed by atoms with Gasteiger partial charge in [-0.05, 0) is 6.92 Å². The van der Waals surface area contributed by atoms with Crippen molar-refractivity contribution in [3.05, 3.63) is 18.1 Å². The zero-order valence-corrected chi connectivity index (χ0v) is 11.0. The highest BCUT2D eigenvalue weighted by Crippen LogP contribution is 2.09. The Hall–Kier alpha value is -1.73. The molecule has 1 fully saturated rings. The molecule has 0 bridgehead atoms. The Balaban J connectivity index is 1.90. The van der Waals surface area contributed by atoms with Crippen LogP contribution in [0.3, 0.4) is 0 Å². The van der Waals surface area contributed by atoms with E-state index >= 15 is 0 Å². The SMILES string of the molecule is COC(=O)c1nccc(OCC2CNCC(C)O2)n1. The zero-order valence-electron chi connectivity index (χ0n) is 11.0. The molecule has 1 aliphatic rings. The van der Waals surface area contributed by atoms with Crippen molar-refractivity contribution < 1.29 is 19.0 Å². The number of aromatic nitrogens is 2. The number of ether oxygens (including phenoxy) is 3. The first-order chi connectivity index (χ1) is 9.19. The van der Waals surface area contributed by atoms with Crippen LogP contribution in [-0.2, 0) is 9.47 Å². The Morgan fingerprint density at radius 3 is 3.16 bits per heavy atom. The van der Waals surface area contributed by atoms with Crippen LogP contribution >= 0.6 is 0 Å². The lowest BCUT2D eigenvalue weighted by molar-refractivity contribution is -0.0476. The first-order valence-corrected chi connectivity index (χ1v) is 6.09. The molecule has 1 N–H and O–H groups in total. The summed E-state index contributed by atoms with van der Waals surface area (Å²) in [7, 11) is 1.28. The number of morpholine rings is 1. The van der Waals surface area contributed by atoms with Gasteiger partial charge in [0.2, 0.25) is 11.7 Å². The predicted octanol–water partition coefficient (Wildman–Crippen LogP) is 0.0189. The topological polar surface area (TPSA) is 82.6 Å². The van der Waals surface area contributed by atoms with Crippen LogP contribution in [0.1, 0.15) is 17.5 Å². The van der Waals surface area contributed by atoms with Gasteiger partial charge in [0, 0.05) is 25.4 Å². The van der Waals surface area contributed by atoms with Crippen LogP contribution in [0.5, 0.6) is 5.88 Å². The van der Waals surface area contributed by atoms with Crippen molar-refractivity contribution in [2.45, 2.75) is 19.1 Å². The van der Waals surface area contributed by atoms with E-state index in [2.05, 4.69) is 20.0 Å². The molecule has 7 heteroatoms. The normalized spacial score (nSPS) is 22.8. The van der Waals surface area contributed by atoms with Crippen LogP contribution in [0.25, 0.3) is 0 Å². The van der Waals surface area contributed by atoms with Crippen molar-refractivity contribution in [1.82, 2.24) is 15.3 Å². The molecular weight excluding hydrogens is 250 g/mol. The molecule has 2 atom stereocenters. The summed E-state index contributed by atoms with van der Waals surface area (Å²) in [5.74, 6) is -0.275. The first-order valence-electron chi connectivity index (χ1n) is 6.09. The molecule has 1 saturated heterocycles. The zero-order chi connectivity index (χ0) is 13.7. The quantitative estimate of drug-likeness (QED) is 0.770. The van der Waals surface area contributed by atoms with E-state index in [1.54, 1.807) is 6.07 Å². The van der Waals surface area contributed by atoms with Crippen LogP contribution in [0, 0.1) is 0 Å². The Morgan fingerprint density at radius 1 is 1.58 bits per heavy atom. The molecule has 0 spiro atoms. The number of nitrogens with zero attached hydrogens (tertiary/aromatic N) is 2. The molecule has 104 valence electrons. The summed E-state index contributed by atoms with van der Waals surface area (Å²) in [5, 5.41) is 3.25. The molecule has 0 aromatic carbocycles. The number of hydrogen-bond acceptors (Lipinski definition) is 7. The maximum Gasteiger partial charge on any atom is 0.376 e. The molecule has 0 radical (unpaired) electrons. The summed E-state index contributed by atoms with van der Waals surface area (Å²) in [6.45, 7) is 3.95. The van der Waals surface area contributed by atoms with Crippen LogP contribution in [0.15, 0.2) is 12.3 Å². The van der Waals surface area contributed by atoms with Crippen molar-refractivity contribution in [1.29, 1.82) is 0 Å². The van der Waals surface area contributed by atoms with Crippen LogP contribution in [-0.4, -0.2) is 55.0 Å². The van der Waals surface area contributed by atoms with Crippen molar-refractivity contribution in [2.75, 3.05) is 26.8 Å². The van der Waals surface area contributed by atoms with Crippen LogP contribution in [0.4, 0.5) is 0 Å². The molecule has 0 saturated carbocycles. The summed E-state index contributed by atoms with van der Waals surface area (Å²) in [6, 6.07) is 1.59. The lowest BCUT2D eigenvalue weighted by Gasteiger charge is -2.28. The monoisotopic (exact) mass is 267 g/mol. The fourth-order valence-electron chi connectivity index (χ4n) is 1.76. The molecule has 2 unspecified atom stereocenters. The molecular formula is C12H17N3O4. The Morgan fingerprint density at radius 2 is 2.42 bits per heavy atom. The van der Waals surface area contributed by atoms with E-state index in [4.69, 9.17) is 9.47 Å². The fourth-order valence-corrected chi connectivity index (χ4v) is 1.76. The van der Waals surface area contributed by atoms with E-state index in [-0.39, 0.29) is 18.0 Å². The summed E-state index contributed by atoms with van der Waals surface area (Å²) >= 11 is 0. The van der Waals surface area contributed by atoms with Gasteiger partial charge in [0.25, 0.3) is 0 Å². The molecule has 0 aliphatic carbocycles. The highest BCUT2D eigenvalue weighted by atomic mass is 16.5. The van der Waals surface area contributed by atoms with Gasteiger partial charge in [-0.15, -0.1) is 0 Å². The van der Waals surface area contributed by atoms with Crippen LogP contribution in [0.2, 0.25) is 0 Å². The van der Waals surface area contributed by atoms with E-state index in [1.165, 1.54) is 13.3 Å². The van der Waals surface area contributed by atoms with Crippen molar-refractivity contribution in [3.8, 4) is 5.88 Å². The largest absolute Gasteiger partial charge is 0.475 e. The molecule has 0 amide bonds. The fraction of sp³-hybridized carbons (Fsp3) is 0.583. The average Bonchev–Trinajstić information content (AvgIpc) is 2.45. The third-order valence-electron chi connectivity index (χ3n) is 2.64. The maximum absolute atomic E-state index is 11.3. The van der Waals surface area contributed by atoms with E-state index in [0.29, 0.717) is 12.5 Å². The van der Waals surface area contributed by atoms with Gasteiger partial charge in [0.05, 0.1) is 13.2 Å². The number of methoxy groups -OCH3 is 1. The summed E-state index contributed by atoms with van der Waals surface area (Å²) in [6.07, 6.45) is 1.59. The standard InChI is InChI=1S/C12H17N3O4/c1-8-5-13-6-9(19-8)7-18-10-3-4-14-11(15-10)12(16)17-2/h3-4,8-9,13H,5-7H2,1-2H3. The van der Waals surface area contributed by atoms with Gasteiger partial charge in [-0.1, -0.05) is 0 Å². The molecule has 2 rings (SSSR count). The third-order valence-corrected chi connectivity index (χ3v) is 2.64. The molecule has 1 aromatic rings.